The third kappa shape index (κ3) is 4.54. The van der Waals surface area contributed by atoms with Gasteiger partial charge in [0.2, 0.25) is 5.69 Å². The number of hydrogen-bond donors (Lipinski definition) is 0. The molecule has 0 bridgehead atoms. The lowest BCUT2D eigenvalue weighted by Gasteiger charge is -2.31. The highest BCUT2D eigenvalue weighted by molar-refractivity contribution is 6.34. The largest absolute Gasteiger partial charge is 0.493 e. The standard InChI is InChI=1S/C29H25ClFN3O3/c1-32-26-13-10-21(18-24(26)30)34-27(35)29(14-5-6-15-29)33(28(34)36)16-7-17-37-22-11-12-23(25(31)19-22)20-8-3-2-4-9-20/h2-4,8-13,18-19H,5-7,14-17H2. The summed E-state index contributed by atoms with van der Waals surface area (Å²) >= 11 is 6.19. The van der Waals surface area contributed by atoms with Crippen molar-refractivity contribution in [2.24, 2.45) is 0 Å². The maximum Gasteiger partial charge on any atom is 0.332 e. The average molecular weight is 518 g/mol. The quantitative estimate of drug-likeness (QED) is 0.188. The van der Waals surface area contributed by atoms with Crippen LogP contribution in [0.3, 0.4) is 0 Å². The maximum atomic E-state index is 14.7. The number of urea groups is 1. The van der Waals surface area contributed by atoms with E-state index in [1.54, 1.807) is 23.1 Å². The summed E-state index contributed by atoms with van der Waals surface area (Å²) in [6.45, 7) is 7.78. The van der Waals surface area contributed by atoms with Crippen LogP contribution in [0.5, 0.6) is 5.75 Å². The van der Waals surface area contributed by atoms with Gasteiger partial charge in [0.25, 0.3) is 5.91 Å². The Kier molecular flexibility index (Phi) is 6.86. The van der Waals surface area contributed by atoms with E-state index in [4.69, 9.17) is 22.9 Å². The number of amides is 3. The van der Waals surface area contributed by atoms with Crippen LogP contribution in [0.2, 0.25) is 5.02 Å². The number of ether oxygens (including phenoxy) is 1. The molecule has 6 nitrogen and oxygen atoms in total. The van der Waals surface area contributed by atoms with Gasteiger partial charge in [0, 0.05) is 23.2 Å². The fourth-order valence-electron chi connectivity index (χ4n) is 5.27. The van der Waals surface area contributed by atoms with E-state index >= 15 is 0 Å². The van der Waals surface area contributed by atoms with Crippen LogP contribution in [-0.2, 0) is 4.79 Å². The maximum absolute atomic E-state index is 14.7. The molecule has 1 saturated heterocycles. The van der Waals surface area contributed by atoms with Gasteiger partial charge in [-0.1, -0.05) is 60.8 Å². The van der Waals surface area contributed by atoms with Gasteiger partial charge in [-0.15, -0.1) is 0 Å². The van der Waals surface area contributed by atoms with Crippen LogP contribution in [-0.4, -0.2) is 35.5 Å². The monoisotopic (exact) mass is 517 g/mol. The summed E-state index contributed by atoms with van der Waals surface area (Å²) in [5.41, 5.74) is 1.06. The number of halogens is 2. The number of carbonyl (C=O) groups is 2. The minimum Gasteiger partial charge on any atom is -0.493 e. The Morgan fingerprint density at radius 2 is 1.78 bits per heavy atom. The number of carbonyl (C=O) groups excluding carboxylic acids is 2. The second-order valence-electron chi connectivity index (χ2n) is 9.27. The third-order valence-electron chi connectivity index (χ3n) is 7.10. The highest BCUT2D eigenvalue weighted by Crippen LogP contribution is 2.44. The van der Waals surface area contributed by atoms with E-state index in [0.717, 1.165) is 18.4 Å². The molecule has 5 rings (SSSR count). The Balaban J connectivity index is 1.27. The average Bonchev–Trinajstić information content (AvgIpc) is 3.47. The number of nitrogens with zero attached hydrogens (tertiary/aromatic N) is 3. The van der Waals surface area contributed by atoms with Gasteiger partial charge in [0.1, 0.15) is 17.1 Å². The molecule has 1 heterocycles. The van der Waals surface area contributed by atoms with E-state index in [0.29, 0.717) is 42.8 Å². The first-order valence-corrected chi connectivity index (χ1v) is 12.6. The molecular formula is C29H25ClFN3O3. The lowest BCUT2D eigenvalue weighted by Crippen LogP contribution is -2.48. The Bertz CT molecular complexity index is 1380. The van der Waals surface area contributed by atoms with Crippen LogP contribution < -0.4 is 9.64 Å². The lowest BCUT2D eigenvalue weighted by molar-refractivity contribution is -0.124. The van der Waals surface area contributed by atoms with Crippen molar-refractivity contribution in [3.63, 3.8) is 0 Å². The van der Waals surface area contributed by atoms with Crippen molar-refractivity contribution in [2.45, 2.75) is 37.6 Å². The van der Waals surface area contributed by atoms with Crippen molar-refractivity contribution in [2.75, 3.05) is 18.1 Å². The molecule has 1 aliphatic carbocycles. The molecule has 1 aliphatic heterocycles. The summed E-state index contributed by atoms with van der Waals surface area (Å²) in [6, 6.07) is 18.3. The van der Waals surface area contributed by atoms with Crippen molar-refractivity contribution < 1.29 is 18.7 Å². The third-order valence-corrected chi connectivity index (χ3v) is 7.40. The first-order chi connectivity index (χ1) is 17.9. The molecule has 188 valence electrons. The van der Waals surface area contributed by atoms with Gasteiger partial charge in [-0.2, -0.15) is 0 Å². The van der Waals surface area contributed by atoms with Crippen LogP contribution in [0.25, 0.3) is 16.0 Å². The van der Waals surface area contributed by atoms with Crippen LogP contribution >= 0.6 is 11.6 Å². The molecule has 8 heteroatoms. The second-order valence-corrected chi connectivity index (χ2v) is 9.68. The molecule has 3 aromatic carbocycles. The SMILES string of the molecule is [C-]#[N+]c1ccc(N2C(=O)N(CCCOc3ccc(-c4ccccc4)c(F)c3)C3(CCCC3)C2=O)cc1Cl. The molecule has 37 heavy (non-hydrogen) atoms. The molecule has 3 amide bonds. The lowest BCUT2D eigenvalue weighted by atomic mass is 9.95. The van der Waals surface area contributed by atoms with Crippen LogP contribution in [0, 0.1) is 12.4 Å². The number of benzene rings is 3. The smallest absolute Gasteiger partial charge is 0.332 e. The van der Waals surface area contributed by atoms with E-state index in [1.165, 1.54) is 23.1 Å². The zero-order chi connectivity index (χ0) is 26.0. The predicted octanol–water partition coefficient (Wildman–Crippen LogP) is 7.25. The van der Waals surface area contributed by atoms with Crippen molar-refractivity contribution >= 4 is 34.9 Å². The van der Waals surface area contributed by atoms with E-state index in [-0.39, 0.29) is 29.0 Å². The van der Waals surface area contributed by atoms with E-state index < -0.39 is 11.6 Å². The van der Waals surface area contributed by atoms with Crippen LogP contribution in [0.1, 0.15) is 32.1 Å². The molecule has 1 saturated carbocycles. The topological polar surface area (TPSA) is 54.2 Å². The fourth-order valence-corrected chi connectivity index (χ4v) is 5.49. The summed E-state index contributed by atoms with van der Waals surface area (Å²) in [4.78, 5) is 33.2. The second kappa shape index (κ2) is 10.2. The highest BCUT2D eigenvalue weighted by atomic mass is 35.5. The van der Waals surface area contributed by atoms with Crippen LogP contribution in [0.4, 0.5) is 20.6 Å². The number of imide groups is 1. The predicted molar refractivity (Wildman–Crippen MR) is 140 cm³/mol. The Morgan fingerprint density at radius 3 is 2.46 bits per heavy atom. The van der Waals surface area contributed by atoms with E-state index in [1.807, 2.05) is 30.3 Å². The first kappa shape index (κ1) is 24.8. The van der Waals surface area contributed by atoms with E-state index in [2.05, 4.69) is 4.85 Å². The summed E-state index contributed by atoms with van der Waals surface area (Å²) in [5, 5.41) is 0.200. The first-order valence-electron chi connectivity index (χ1n) is 12.3. The summed E-state index contributed by atoms with van der Waals surface area (Å²) < 4.78 is 20.4. The van der Waals surface area contributed by atoms with Crippen molar-refractivity contribution in [3.05, 3.63) is 89.0 Å². The van der Waals surface area contributed by atoms with Gasteiger partial charge >= 0.3 is 6.03 Å². The molecule has 3 aromatic rings. The molecule has 0 aromatic heterocycles. The zero-order valence-electron chi connectivity index (χ0n) is 20.1. The molecule has 2 aliphatic rings. The van der Waals surface area contributed by atoms with Crippen molar-refractivity contribution in [1.82, 2.24) is 4.90 Å². The summed E-state index contributed by atoms with van der Waals surface area (Å²) in [6.07, 6.45) is 3.42. The molecule has 0 radical (unpaired) electrons. The Labute approximate surface area is 220 Å². The molecule has 0 N–H and O–H groups in total. The Hall–Kier alpha value is -3.89. The van der Waals surface area contributed by atoms with Gasteiger partial charge in [-0.25, -0.2) is 18.9 Å². The zero-order valence-corrected chi connectivity index (χ0v) is 20.9. The van der Waals surface area contributed by atoms with Gasteiger partial charge in [0.05, 0.1) is 18.9 Å². The number of rotatable bonds is 7. The van der Waals surface area contributed by atoms with Gasteiger partial charge in [-0.05, 0) is 49.1 Å². The minimum absolute atomic E-state index is 0.200. The molecule has 2 fully saturated rings. The molecule has 0 unspecified atom stereocenters. The fraction of sp³-hybridized carbons (Fsp3) is 0.276. The van der Waals surface area contributed by atoms with Crippen molar-refractivity contribution in [1.29, 1.82) is 0 Å². The molecule has 0 atom stereocenters. The molecular weight excluding hydrogens is 493 g/mol. The number of hydrogen-bond acceptors (Lipinski definition) is 3. The highest BCUT2D eigenvalue weighted by Gasteiger charge is 2.58. The Morgan fingerprint density at radius 1 is 1.03 bits per heavy atom. The van der Waals surface area contributed by atoms with Gasteiger partial charge in [0.15, 0.2) is 0 Å². The normalized spacial score (nSPS) is 16.5. The van der Waals surface area contributed by atoms with Gasteiger partial charge in [-0.3, -0.25) is 4.79 Å². The van der Waals surface area contributed by atoms with Crippen molar-refractivity contribution in [3.8, 4) is 16.9 Å². The van der Waals surface area contributed by atoms with Crippen LogP contribution in [0.15, 0.2) is 66.7 Å². The number of anilines is 1. The minimum atomic E-state index is -0.870. The van der Waals surface area contributed by atoms with E-state index in [9.17, 15) is 14.0 Å². The molecule has 1 spiro atoms. The summed E-state index contributed by atoms with van der Waals surface area (Å²) in [5.74, 6) is -0.207. The van der Waals surface area contributed by atoms with Gasteiger partial charge < -0.3 is 9.64 Å². The summed E-state index contributed by atoms with van der Waals surface area (Å²) in [7, 11) is 0.